The predicted octanol–water partition coefficient (Wildman–Crippen LogP) is 6.72. The van der Waals surface area contributed by atoms with Gasteiger partial charge in [0.2, 0.25) is 0 Å². The van der Waals surface area contributed by atoms with Gasteiger partial charge in [-0.25, -0.2) is 4.99 Å². The lowest BCUT2D eigenvalue weighted by Crippen LogP contribution is -2.37. The molecular weight excluding hydrogens is 767 g/mol. The van der Waals surface area contributed by atoms with Crippen molar-refractivity contribution in [3.8, 4) is 23.5 Å². The maximum Gasteiger partial charge on any atom is 0.285 e. The van der Waals surface area contributed by atoms with E-state index in [0.29, 0.717) is 43.9 Å². The Bertz CT molecular complexity index is 2760. The van der Waals surface area contributed by atoms with Crippen LogP contribution in [0.2, 0.25) is 0 Å². The molecule has 4 aliphatic heterocycles. The highest BCUT2D eigenvalue weighted by Gasteiger charge is 2.46. The highest BCUT2D eigenvalue weighted by Crippen LogP contribution is 2.58. The number of rotatable bonds is 9. The van der Waals surface area contributed by atoms with Crippen molar-refractivity contribution in [2.75, 3.05) is 60.9 Å². The van der Waals surface area contributed by atoms with Crippen LogP contribution in [0.25, 0.3) is 11.3 Å². The van der Waals surface area contributed by atoms with Crippen molar-refractivity contribution in [1.82, 2.24) is 10.2 Å². The van der Waals surface area contributed by atoms with Gasteiger partial charge in [0.25, 0.3) is 17.7 Å². The summed E-state index contributed by atoms with van der Waals surface area (Å²) in [4.78, 5) is 58.8. The molecule has 1 atom stereocenters. The lowest BCUT2D eigenvalue weighted by Gasteiger charge is -2.31. The Balaban J connectivity index is 1.13. The van der Waals surface area contributed by atoms with E-state index in [2.05, 4.69) is 17.3 Å². The van der Waals surface area contributed by atoms with Gasteiger partial charge in [-0.3, -0.25) is 24.1 Å². The predicted molar refractivity (Wildman–Crippen MR) is 222 cm³/mol. The molecule has 1 unspecified atom stereocenters. The van der Waals surface area contributed by atoms with Crippen LogP contribution in [-0.4, -0.2) is 75.0 Å². The van der Waals surface area contributed by atoms with Crippen LogP contribution in [-0.2, 0) is 9.63 Å². The molecule has 0 N–H and O–H groups in total. The zero-order chi connectivity index (χ0) is 41.1. The standard InChI is InChI=1S/C44H33N9O5S/c1-49(2)27-17-13-25(14-18-27)35-32(23-45)39(52-40-38(59-44(52)33(35)24-46)37(58-48-40)26-15-19-28(20-16-26)50(3)4)47-36-31-11-7-8-12-34(31)51(43(36)56)21-22-57-53-41(54)29-9-5-6-10-30(29)42(53)55/h5-20,35H,21-22H2,1-4H3/b47-36-. The fraction of sp³-hybridized carbons (Fsp3) is 0.159. The molecule has 4 aliphatic rings. The SMILES string of the molecule is CN(C)c1ccc(-c2onc3c2SC2=C(C#N)C(c4ccc(N(C)C)cc4)C(C#N)=C(/N=C4\C(=O)N(CCON5C(=O)c6ccccc6C5=O)c5ccccc54)N23)cc1. The molecule has 0 aliphatic carbocycles. The molecule has 290 valence electrons. The van der Waals surface area contributed by atoms with Gasteiger partial charge in [0, 0.05) is 50.7 Å². The van der Waals surface area contributed by atoms with Gasteiger partial charge in [-0.2, -0.15) is 10.5 Å². The van der Waals surface area contributed by atoms with E-state index >= 15 is 0 Å². The lowest BCUT2D eigenvalue weighted by molar-refractivity contribution is -0.113. The van der Waals surface area contributed by atoms with Crippen LogP contribution in [0, 0.1) is 22.7 Å². The molecule has 0 radical (unpaired) electrons. The summed E-state index contributed by atoms with van der Waals surface area (Å²) in [7, 11) is 7.77. The van der Waals surface area contributed by atoms with Gasteiger partial charge in [-0.15, -0.1) is 5.06 Å². The number of thioether (sulfide) groups is 1. The number of aliphatic imine (C=N–C) groups is 1. The van der Waals surface area contributed by atoms with Crippen LogP contribution < -0.4 is 19.6 Å². The summed E-state index contributed by atoms with van der Waals surface area (Å²) >= 11 is 1.30. The topological polar surface area (TPSA) is 163 Å². The Morgan fingerprint density at radius 3 is 1.98 bits per heavy atom. The normalized spacial score (nSPS) is 17.3. The molecule has 9 rings (SSSR count). The number of nitriles is 2. The van der Waals surface area contributed by atoms with Gasteiger partial charge >= 0.3 is 0 Å². The number of amides is 3. The number of fused-ring (bicyclic) bond motifs is 5. The third-order valence-corrected chi connectivity index (χ3v) is 11.7. The molecule has 5 heterocycles. The molecule has 4 aromatic carbocycles. The van der Waals surface area contributed by atoms with Gasteiger partial charge in [0.05, 0.1) is 59.2 Å². The zero-order valence-corrected chi connectivity index (χ0v) is 33.0. The number of carbonyl (C=O) groups excluding carboxylic acids is 3. The van der Waals surface area contributed by atoms with Crippen LogP contribution in [0.15, 0.2) is 133 Å². The fourth-order valence-electron chi connectivity index (χ4n) is 7.57. The van der Waals surface area contributed by atoms with Crippen molar-refractivity contribution in [3.63, 3.8) is 0 Å². The quantitative estimate of drug-likeness (QED) is 0.145. The van der Waals surface area contributed by atoms with Crippen molar-refractivity contribution >= 4 is 58.1 Å². The average molecular weight is 800 g/mol. The number of allylic oxidation sites excluding steroid dienone is 2. The number of hydroxylamine groups is 2. The van der Waals surface area contributed by atoms with Crippen molar-refractivity contribution in [3.05, 3.63) is 141 Å². The van der Waals surface area contributed by atoms with E-state index < -0.39 is 23.6 Å². The first-order valence-corrected chi connectivity index (χ1v) is 19.3. The van der Waals surface area contributed by atoms with E-state index in [1.807, 2.05) is 86.5 Å². The Kier molecular flexibility index (Phi) is 9.12. The molecule has 0 spiro atoms. The Hall–Kier alpha value is -7.46. The first-order valence-electron chi connectivity index (χ1n) is 18.5. The molecule has 59 heavy (non-hydrogen) atoms. The monoisotopic (exact) mass is 799 g/mol. The third-order valence-electron chi connectivity index (χ3n) is 10.5. The number of anilines is 4. The maximum absolute atomic E-state index is 14.5. The largest absolute Gasteiger partial charge is 0.378 e. The molecule has 0 fully saturated rings. The Morgan fingerprint density at radius 2 is 1.37 bits per heavy atom. The second-order valence-corrected chi connectivity index (χ2v) is 15.4. The van der Waals surface area contributed by atoms with Crippen molar-refractivity contribution in [1.29, 1.82) is 10.5 Å². The number of carbonyl (C=O) groups is 3. The molecular formula is C44H33N9O5S. The summed E-state index contributed by atoms with van der Waals surface area (Å²) in [5, 5.41) is 27.5. The lowest BCUT2D eigenvalue weighted by atomic mass is 9.83. The highest BCUT2D eigenvalue weighted by molar-refractivity contribution is 8.04. The number of aromatic nitrogens is 1. The first-order chi connectivity index (χ1) is 28.6. The highest BCUT2D eigenvalue weighted by atomic mass is 32.2. The van der Waals surface area contributed by atoms with Gasteiger partial charge in [-0.05, 0) is 60.2 Å². The van der Waals surface area contributed by atoms with E-state index in [1.54, 1.807) is 53.4 Å². The Labute approximate surface area is 343 Å². The van der Waals surface area contributed by atoms with Gasteiger partial charge in [-0.1, -0.05) is 59.4 Å². The summed E-state index contributed by atoms with van der Waals surface area (Å²) in [6, 6.07) is 33.7. The van der Waals surface area contributed by atoms with Crippen LogP contribution in [0.3, 0.4) is 0 Å². The summed E-state index contributed by atoms with van der Waals surface area (Å²) in [5.74, 6) is -1.52. The molecule has 15 heteroatoms. The van der Waals surface area contributed by atoms with Gasteiger partial charge < -0.3 is 19.2 Å². The van der Waals surface area contributed by atoms with E-state index in [4.69, 9.17) is 14.4 Å². The van der Waals surface area contributed by atoms with E-state index in [9.17, 15) is 24.9 Å². The number of nitrogens with zero attached hydrogens (tertiary/aromatic N) is 9. The smallest absolute Gasteiger partial charge is 0.285 e. The molecule has 5 aromatic rings. The van der Waals surface area contributed by atoms with Crippen molar-refractivity contribution in [2.45, 2.75) is 10.8 Å². The summed E-state index contributed by atoms with van der Waals surface area (Å²) in [6.45, 7) is -0.211. The van der Waals surface area contributed by atoms with Crippen molar-refractivity contribution in [2.24, 2.45) is 4.99 Å². The summed E-state index contributed by atoms with van der Waals surface area (Å²) < 4.78 is 5.96. The van der Waals surface area contributed by atoms with E-state index in [0.717, 1.165) is 22.0 Å². The van der Waals surface area contributed by atoms with Gasteiger partial charge in [0.15, 0.2) is 17.4 Å². The molecule has 0 saturated heterocycles. The second-order valence-electron chi connectivity index (χ2n) is 14.4. The molecule has 0 bridgehead atoms. The van der Waals surface area contributed by atoms with Crippen LogP contribution >= 0.6 is 11.8 Å². The number of benzene rings is 4. The molecule has 0 saturated carbocycles. The summed E-state index contributed by atoms with van der Waals surface area (Å²) in [5.41, 5.74) is 5.43. The van der Waals surface area contributed by atoms with Gasteiger partial charge in [0.1, 0.15) is 15.6 Å². The minimum absolute atomic E-state index is 0.0278. The van der Waals surface area contributed by atoms with Crippen LogP contribution in [0.5, 0.6) is 0 Å². The first kappa shape index (κ1) is 37.1. The molecule has 14 nitrogen and oxygen atoms in total. The number of imide groups is 1. The van der Waals surface area contributed by atoms with Crippen LogP contribution in [0.1, 0.15) is 37.8 Å². The number of para-hydroxylation sites is 1. The summed E-state index contributed by atoms with van der Waals surface area (Å²) in [6.07, 6.45) is 0. The zero-order valence-electron chi connectivity index (χ0n) is 32.2. The minimum atomic E-state index is -0.820. The second kappa shape index (κ2) is 14.5. The van der Waals surface area contributed by atoms with E-state index in [-0.39, 0.29) is 41.4 Å². The average Bonchev–Trinajstić information content (AvgIpc) is 3.97. The maximum atomic E-state index is 14.5. The van der Waals surface area contributed by atoms with Crippen molar-refractivity contribution < 1.29 is 23.7 Å². The minimum Gasteiger partial charge on any atom is -0.378 e. The number of hydrogen-bond acceptors (Lipinski definition) is 13. The fourth-order valence-corrected chi connectivity index (χ4v) is 8.77. The third kappa shape index (κ3) is 5.94. The molecule has 1 aromatic heterocycles. The Morgan fingerprint density at radius 1 is 0.780 bits per heavy atom. The number of hydrogen-bond donors (Lipinski definition) is 0. The molecule has 3 amide bonds. The van der Waals surface area contributed by atoms with Crippen LogP contribution in [0.4, 0.5) is 22.9 Å². The van der Waals surface area contributed by atoms with E-state index in [1.165, 1.54) is 16.7 Å².